The SMILES string of the molecule is COc1cccc(C(=O)N2CC(C(=O)N3CCN(c4ccccc4OC)CC3)C(c3cc(OC)c(OC)c(OC)c3)C2)c1. The van der Waals surface area contributed by atoms with Gasteiger partial charge in [-0.15, -0.1) is 0 Å². The van der Waals surface area contributed by atoms with Crippen molar-refractivity contribution in [1.29, 1.82) is 0 Å². The van der Waals surface area contributed by atoms with Gasteiger partial charge in [-0.05, 0) is 48.0 Å². The normalized spacial score (nSPS) is 18.3. The number of hydrogen-bond acceptors (Lipinski definition) is 8. The van der Waals surface area contributed by atoms with E-state index < -0.39 is 5.92 Å². The van der Waals surface area contributed by atoms with Gasteiger partial charge in [0, 0.05) is 50.7 Å². The minimum Gasteiger partial charge on any atom is -0.497 e. The van der Waals surface area contributed by atoms with Crippen LogP contribution in [0.25, 0.3) is 0 Å². The molecular formula is C33H39N3O7. The number of amides is 2. The minimum absolute atomic E-state index is 0.0272. The molecule has 0 saturated carbocycles. The predicted octanol–water partition coefficient (Wildman–Crippen LogP) is 3.93. The highest BCUT2D eigenvalue weighted by atomic mass is 16.5. The van der Waals surface area contributed by atoms with Crippen molar-refractivity contribution < 1.29 is 33.3 Å². The molecule has 3 aromatic rings. The monoisotopic (exact) mass is 589 g/mol. The summed E-state index contributed by atoms with van der Waals surface area (Å²) < 4.78 is 27.7. The summed E-state index contributed by atoms with van der Waals surface area (Å²) in [7, 11) is 7.93. The zero-order chi connectivity index (χ0) is 30.5. The Hall–Kier alpha value is -4.60. The molecule has 5 rings (SSSR count). The van der Waals surface area contributed by atoms with Crippen molar-refractivity contribution in [3.05, 3.63) is 71.8 Å². The molecule has 2 aliphatic heterocycles. The van der Waals surface area contributed by atoms with E-state index in [0.29, 0.717) is 67.8 Å². The van der Waals surface area contributed by atoms with Crippen molar-refractivity contribution in [3.8, 4) is 28.7 Å². The number of carbonyl (C=O) groups is 2. The van der Waals surface area contributed by atoms with Gasteiger partial charge in [0.05, 0.1) is 47.2 Å². The molecule has 228 valence electrons. The third-order valence-corrected chi connectivity index (χ3v) is 8.37. The second-order valence-corrected chi connectivity index (χ2v) is 10.6. The molecule has 0 N–H and O–H groups in total. The molecule has 2 aliphatic rings. The second kappa shape index (κ2) is 13.1. The van der Waals surface area contributed by atoms with E-state index >= 15 is 0 Å². The Balaban J connectivity index is 1.42. The number of carbonyl (C=O) groups excluding carboxylic acids is 2. The van der Waals surface area contributed by atoms with Crippen LogP contribution in [0.2, 0.25) is 0 Å². The Labute approximate surface area is 252 Å². The van der Waals surface area contributed by atoms with Crippen LogP contribution in [0.4, 0.5) is 5.69 Å². The Morgan fingerprint density at radius 3 is 1.98 bits per heavy atom. The molecule has 2 amide bonds. The fraction of sp³-hybridized carbons (Fsp3) is 0.394. The zero-order valence-corrected chi connectivity index (χ0v) is 25.4. The van der Waals surface area contributed by atoms with Crippen LogP contribution < -0.4 is 28.6 Å². The number of ether oxygens (including phenoxy) is 5. The number of benzene rings is 3. The van der Waals surface area contributed by atoms with Crippen LogP contribution in [0, 0.1) is 5.92 Å². The van der Waals surface area contributed by atoms with Gasteiger partial charge in [0.25, 0.3) is 5.91 Å². The first kappa shape index (κ1) is 29.9. The number of nitrogens with zero attached hydrogens (tertiary/aromatic N) is 3. The molecule has 2 fully saturated rings. The van der Waals surface area contributed by atoms with Crippen molar-refractivity contribution in [2.45, 2.75) is 5.92 Å². The predicted molar refractivity (Wildman–Crippen MR) is 163 cm³/mol. The average Bonchev–Trinajstić information content (AvgIpc) is 3.52. The van der Waals surface area contributed by atoms with Gasteiger partial charge in [-0.25, -0.2) is 0 Å². The minimum atomic E-state index is -0.449. The summed E-state index contributed by atoms with van der Waals surface area (Å²) in [4.78, 5) is 33.8. The first-order valence-corrected chi connectivity index (χ1v) is 14.3. The summed E-state index contributed by atoms with van der Waals surface area (Å²) in [6.45, 7) is 3.16. The summed E-state index contributed by atoms with van der Waals surface area (Å²) in [6.07, 6.45) is 0. The number of hydrogen-bond donors (Lipinski definition) is 0. The van der Waals surface area contributed by atoms with Crippen molar-refractivity contribution in [3.63, 3.8) is 0 Å². The lowest BCUT2D eigenvalue weighted by Gasteiger charge is -2.38. The van der Waals surface area contributed by atoms with E-state index in [2.05, 4.69) is 4.90 Å². The van der Waals surface area contributed by atoms with Crippen LogP contribution in [-0.2, 0) is 4.79 Å². The van der Waals surface area contributed by atoms with Gasteiger partial charge in [0.15, 0.2) is 11.5 Å². The quantitative estimate of drug-likeness (QED) is 0.371. The molecule has 43 heavy (non-hydrogen) atoms. The van der Waals surface area contributed by atoms with Gasteiger partial charge in [0.1, 0.15) is 11.5 Å². The van der Waals surface area contributed by atoms with Crippen LogP contribution in [0.5, 0.6) is 28.7 Å². The first-order valence-electron chi connectivity index (χ1n) is 14.3. The second-order valence-electron chi connectivity index (χ2n) is 10.6. The summed E-state index contributed by atoms with van der Waals surface area (Å²) in [5.41, 5.74) is 2.38. The van der Waals surface area contributed by atoms with Crippen molar-refractivity contribution in [2.24, 2.45) is 5.92 Å². The van der Waals surface area contributed by atoms with Crippen molar-refractivity contribution in [1.82, 2.24) is 9.80 Å². The standard InChI is InChI=1S/C33H39N3O7/c1-39-24-10-8-9-22(17-24)32(37)36-20-25(23-18-29(41-3)31(43-5)30(19-23)42-4)26(21-36)33(38)35-15-13-34(14-16-35)27-11-6-7-12-28(27)40-2/h6-12,17-19,25-26H,13-16,20-21H2,1-5H3. The number of anilines is 1. The highest BCUT2D eigenvalue weighted by molar-refractivity contribution is 5.95. The molecule has 2 heterocycles. The maximum absolute atomic E-state index is 14.2. The molecule has 3 aromatic carbocycles. The highest BCUT2D eigenvalue weighted by Gasteiger charge is 2.43. The Morgan fingerprint density at radius 2 is 1.35 bits per heavy atom. The molecule has 0 spiro atoms. The molecule has 0 bridgehead atoms. The largest absolute Gasteiger partial charge is 0.497 e. The molecule has 2 unspecified atom stereocenters. The van der Waals surface area contributed by atoms with Crippen molar-refractivity contribution >= 4 is 17.5 Å². The average molecular weight is 590 g/mol. The van der Waals surface area contributed by atoms with Gasteiger partial charge < -0.3 is 38.4 Å². The summed E-state index contributed by atoms with van der Waals surface area (Å²) in [5.74, 6) is 2.06. The van der Waals surface area contributed by atoms with E-state index in [4.69, 9.17) is 23.7 Å². The van der Waals surface area contributed by atoms with E-state index in [1.165, 1.54) is 0 Å². The zero-order valence-electron chi connectivity index (χ0n) is 25.4. The summed E-state index contributed by atoms with van der Waals surface area (Å²) in [6, 6.07) is 18.8. The molecule has 2 atom stereocenters. The van der Waals surface area contributed by atoms with Crippen LogP contribution in [-0.4, -0.2) is 96.4 Å². The third kappa shape index (κ3) is 6.00. The molecule has 0 aliphatic carbocycles. The number of rotatable bonds is 9. The molecule has 0 radical (unpaired) electrons. The Morgan fingerprint density at radius 1 is 0.674 bits per heavy atom. The number of likely N-dealkylation sites (tertiary alicyclic amines) is 1. The summed E-state index contributed by atoms with van der Waals surface area (Å²) >= 11 is 0. The molecule has 2 saturated heterocycles. The lowest BCUT2D eigenvalue weighted by atomic mass is 9.87. The molecule has 10 heteroatoms. The third-order valence-electron chi connectivity index (χ3n) is 8.37. The van der Waals surface area contributed by atoms with E-state index in [0.717, 1.165) is 17.0 Å². The maximum atomic E-state index is 14.2. The molecule has 10 nitrogen and oxygen atoms in total. The van der Waals surface area contributed by atoms with E-state index in [1.54, 1.807) is 64.7 Å². The number of methoxy groups -OCH3 is 5. The van der Waals surface area contributed by atoms with Crippen LogP contribution in [0.15, 0.2) is 60.7 Å². The van der Waals surface area contributed by atoms with E-state index in [1.807, 2.05) is 41.3 Å². The number of para-hydroxylation sites is 2. The lowest BCUT2D eigenvalue weighted by molar-refractivity contribution is -0.135. The van der Waals surface area contributed by atoms with Crippen LogP contribution >= 0.6 is 0 Å². The van der Waals surface area contributed by atoms with Crippen LogP contribution in [0.1, 0.15) is 21.8 Å². The molecular weight excluding hydrogens is 550 g/mol. The van der Waals surface area contributed by atoms with Gasteiger partial charge >= 0.3 is 0 Å². The Kier molecular flexibility index (Phi) is 9.13. The van der Waals surface area contributed by atoms with Gasteiger partial charge in [-0.1, -0.05) is 18.2 Å². The smallest absolute Gasteiger partial charge is 0.254 e. The maximum Gasteiger partial charge on any atom is 0.254 e. The van der Waals surface area contributed by atoms with Crippen molar-refractivity contribution in [2.75, 3.05) is 79.7 Å². The first-order chi connectivity index (χ1) is 20.9. The Bertz CT molecular complexity index is 1430. The van der Waals surface area contributed by atoms with Gasteiger partial charge in [-0.3, -0.25) is 9.59 Å². The fourth-order valence-corrected chi connectivity index (χ4v) is 6.11. The lowest BCUT2D eigenvalue weighted by Crippen LogP contribution is -2.51. The fourth-order valence-electron chi connectivity index (χ4n) is 6.11. The van der Waals surface area contributed by atoms with Crippen LogP contribution in [0.3, 0.4) is 0 Å². The van der Waals surface area contributed by atoms with E-state index in [9.17, 15) is 9.59 Å². The number of piperazine rings is 1. The van der Waals surface area contributed by atoms with Gasteiger partial charge in [0.2, 0.25) is 11.7 Å². The van der Waals surface area contributed by atoms with Gasteiger partial charge in [-0.2, -0.15) is 0 Å². The molecule has 0 aromatic heterocycles. The highest BCUT2D eigenvalue weighted by Crippen LogP contribution is 2.44. The topological polar surface area (TPSA) is 90.0 Å². The summed E-state index contributed by atoms with van der Waals surface area (Å²) in [5, 5.41) is 0. The van der Waals surface area contributed by atoms with E-state index in [-0.39, 0.29) is 17.7 Å².